The molecule has 2 rings (SSSR count). The molecule has 1 saturated heterocycles. The Morgan fingerprint density at radius 2 is 2.00 bits per heavy atom. The fraction of sp³-hybridized carbons (Fsp3) is 0.588. The van der Waals surface area contributed by atoms with Crippen LogP contribution in [0.15, 0.2) is 27.7 Å². The van der Waals surface area contributed by atoms with Crippen LogP contribution in [0.3, 0.4) is 0 Å². The summed E-state index contributed by atoms with van der Waals surface area (Å²) in [5.74, 6) is 1.70. The molecule has 0 amide bonds. The van der Waals surface area contributed by atoms with E-state index in [1.807, 2.05) is 12.1 Å². The molecule has 1 aliphatic rings. The van der Waals surface area contributed by atoms with Crippen LogP contribution in [-0.2, 0) is 6.54 Å². The van der Waals surface area contributed by atoms with Crippen molar-refractivity contribution in [2.45, 2.75) is 25.8 Å². The number of hydrogen-bond acceptors (Lipinski definition) is 3. The molecule has 1 heterocycles. The Morgan fingerprint density at radius 1 is 1.25 bits per heavy atom. The number of halogens is 2. The van der Waals surface area contributed by atoms with Crippen molar-refractivity contribution < 1.29 is 4.74 Å². The monoisotopic (exact) mass is 510 g/mol. The minimum absolute atomic E-state index is 0. The Bertz CT molecular complexity index is 521. The highest BCUT2D eigenvalue weighted by atomic mass is 127. The second kappa shape index (κ2) is 11.9. The molecule has 0 radical (unpaired) electrons. The van der Waals surface area contributed by atoms with Gasteiger partial charge in [0.2, 0.25) is 0 Å². The van der Waals surface area contributed by atoms with E-state index >= 15 is 0 Å². The molecule has 1 aliphatic heterocycles. The van der Waals surface area contributed by atoms with E-state index in [1.165, 1.54) is 32.4 Å². The van der Waals surface area contributed by atoms with Crippen molar-refractivity contribution in [3.8, 4) is 5.75 Å². The van der Waals surface area contributed by atoms with Crippen LogP contribution in [0, 0.1) is 0 Å². The van der Waals surface area contributed by atoms with Crippen LogP contribution in [0.4, 0.5) is 0 Å². The van der Waals surface area contributed by atoms with Crippen LogP contribution in [0.1, 0.15) is 24.8 Å². The van der Waals surface area contributed by atoms with E-state index in [1.54, 1.807) is 14.2 Å². The van der Waals surface area contributed by atoms with E-state index in [4.69, 9.17) is 4.74 Å². The third-order valence-electron chi connectivity index (χ3n) is 4.08. The van der Waals surface area contributed by atoms with E-state index in [2.05, 4.69) is 42.5 Å². The van der Waals surface area contributed by atoms with Gasteiger partial charge in [0.25, 0.3) is 0 Å². The fourth-order valence-electron chi connectivity index (χ4n) is 2.80. The Hall–Kier alpha value is -0.540. The molecule has 24 heavy (non-hydrogen) atoms. The van der Waals surface area contributed by atoms with Gasteiger partial charge in [-0.25, -0.2) is 0 Å². The molecule has 0 unspecified atom stereocenters. The van der Waals surface area contributed by atoms with Crippen molar-refractivity contribution in [3.05, 3.63) is 28.2 Å². The van der Waals surface area contributed by atoms with Gasteiger partial charge >= 0.3 is 0 Å². The van der Waals surface area contributed by atoms with Crippen LogP contribution in [0.5, 0.6) is 5.75 Å². The largest absolute Gasteiger partial charge is 0.496 e. The summed E-state index contributed by atoms with van der Waals surface area (Å²) in [7, 11) is 3.49. The van der Waals surface area contributed by atoms with Gasteiger partial charge < -0.3 is 20.3 Å². The number of guanidine groups is 1. The van der Waals surface area contributed by atoms with E-state index in [9.17, 15) is 0 Å². The maximum Gasteiger partial charge on any atom is 0.191 e. The van der Waals surface area contributed by atoms with Gasteiger partial charge in [0.1, 0.15) is 5.75 Å². The van der Waals surface area contributed by atoms with Crippen LogP contribution in [0.2, 0.25) is 0 Å². The summed E-state index contributed by atoms with van der Waals surface area (Å²) in [6, 6.07) is 6.01. The topological polar surface area (TPSA) is 48.9 Å². The van der Waals surface area contributed by atoms with Crippen LogP contribution < -0.4 is 15.4 Å². The molecule has 5 nitrogen and oxygen atoms in total. The number of hydrogen-bond donors (Lipinski definition) is 2. The Labute approximate surface area is 170 Å². The second-order valence-corrected chi connectivity index (χ2v) is 6.63. The first-order chi connectivity index (χ1) is 11.2. The zero-order valence-electron chi connectivity index (χ0n) is 14.5. The van der Waals surface area contributed by atoms with Crippen LogP contribution in [0.25, 0.3) is 0 Å². The minimum atomic E-state index is 0. The van der Waals surface area contributed by atoms with Crippen LogP contribution >= 0.6 is 39.9 Å². The second-order valence-electron chi connectivity index (χ2n) is 5.71. The third-order valence-corrected chi connectivity index (χ3v) is 4.57. The summed E-state index contributed by atoms with van der Waals surface area (Å²) in [5, 5.41) is 6.73. The quantitative estimate of drug-likeness (QED) is 0.350. The highest BCUT2D eigenvalue weighted by Crippen LogP contribution is 2.22. The molecule has 136 valence electrons. The average Bonchev–Trinajstić information content (AvgIpc) is 2.59. The van der Waals surface area contributed by atoms with Crippen molar-refractivity contribution in [2.24, 2.45) is 4.99 Å². The summed E-state index contributed by atoms with van der Waals surface area (Å²) >= 11 is 3.50. The van der Waals surface area contributed by atoms with Crippen molar-refractivity contribution in [2.75, 3.05) is 40.3 Å². The highest BCUT2D eigenvalue weighted by Gasteiger charge is 2.10. The predicted octanol–water partition coefficient (Wildman–Crippen LogP) is 3.23. The molecular formula is C17H28BrIN4O. The van der Waals surface area contributed by atoms with Crippen molar-refractivity contribution in [1.82, 2.24) is 15.5 Å². The zero-order chi connectivity index (χ0) is 16.5. The summed E-state index contributed by atoms with van der Waals surface area (Å²) in [4.78, 5) is 6.80. The maximum absolute atomic E-state index is 5.40. The Kier molecular flexibility index (Phi) is 10.7. The Morgan fingerprint density at radius 3 is 2.67 bits per heavy atom. The van der Waals surface area contributed by atoms with Gasteiger partial charge in [-0.3, -0.25) is 4.99 Å². The predicted molar refractivity (Wildman–Crippen MR) is 115 cm³/mol. The molecule has 0 spiro atoms. The first-order valence-electron chi connectivity index (χ1n) is 8.22. The molecule has 1 aromatic rings. The standard InChI is InChI=1S/C17H27BrN4O.HI/c1-19-17(20-8-11-22-9-4-3-5-10-22)21-13-14-12-15(18)6-7-16(14)23-2;/h6-7,12H,3-5,8-11,13H2,1-2H3,(H2,19,20,21);1H. The van der Waals surface area contributed by atoms with E-state index < -0.39 is 0 Å². The molecular weight excluding hydrogens is 483 g/mol. The number of rotatable bonds is 6. The van der Waals surface area contributed by atoms with Gasteiger partial charge in [-0.15, -0.1) is 24.0 Å². The van der Waals surface area contributed by atoms with E-state index in [-0.39, 0.29) is 24.0 Å². The van der Waals surface area contributed by atoms with Crippen molar-refractivity contribution in [3.63, 3.8) is 0 Å². The zero-order valence-corrected chi connectivity index (χ0v) is 18.4. The molecule has 2 N–H and O–H groups in total. The molecule has 1 aromatic carbocycles. The lowest BCUT2D eigenvalue weighted by molar-refractivity contribution is 0.232. The van der Waals surface area contributed by atoms with E-state index in [0.29, 0.717) is 6.54 Å². The lowest BCUT2D eigenvalue weighted by Crippen LogP contribution is -2.42. The van der Waals surface area contributed by atoms with Crippen LogP contribution in [-0.4, -0.2) is 51.2 Å². The molecule has 0 bridgehead atoms. The maximum atomic E-state index is 5.40. The number of nitrogens with zero attached hydrogens (tertiary/aromatic N) is 2. The van der Waals surface area contributed by atoms with Crippen molar-refractivity contribution >= 4 is 45.9 Å². The SMILES string of the molecule is CN=C(NCCN1CCCCC1)NCc1cc(Br)ccc1OC.I. The van der Waals surface area contributed by atoms with Crippen molar-refractivity contribution in [1.29, 1.82) is 0 Å². The normalized spacial score (nSPS) is 15.5. The Balaban J connectivity index is 0.00000288. The molecule has 1 fully saturated rings. The lowest BCUT2D eigenvalue weighted by Gasteiger charge is -2.26. The number of nitrogens with one attached hydrogen (secondary N) is 2. The molecule has 0 aliphatic carbocycles. The van der Waals surface area contributed by atoms with Gasteiger partial charge in [0, 0.05) is 36.7 Å². The third kappa shape index (κ3) is 7.14. The number of ether oxygens (including phenoxy) is 1. The van der Waals surface area contributed by atoms with Gasteiger partial charge in [-0.1, -0.05) is 22.4 Å². The number of methoxy groups -OCH3 is 1. The lowest BCUT2D eigenvalue weighted by atomic mass is 10.1. The van der Waals surface area contributed by atoms with E-state index in [0.717, 1.165) is 34.8 Å². The number of benzene rings is 1. The fourth-order valence-corrected chi connectivity index (χ4v) is 3.21. The number of piperidine rings is 1. The minimum Gasteiger partial charge on any atom is -0.496 e. The van der Waals surface area contributed by atoms with Gasteiger partial charge in [-0.05, 0) is 44.1 Å². The molecule has 0 saturated carbocycles. The average molecular weight is 511 g/mol. The van der Waals surface area contributed by atoms with Gasteiger partial charge in [-0.2, -0.15) is 0 Å². The molecule has 0 aromatic heterocycles. The first-order valence-corrected chi connectivity index (χ1v) is 9.01. The number of likely N-dealkylation sites (tertiary alicyclic amines) is 1. The van der Waals surface area contributed by atoms with Gasteiger partial charge in [0.15, 0.2) is 5.96 Å². The van der Waals surface area contributed by atoms with Gasteiger partial charge in [0.05, 0.1) is 7.11 Å². The number of aliphatic imine (C=N–C) groups is 1. The summed E-state index contributed by atoms with van der Waals surface area (Å²) < 4.78 is 6.44. The first kappa shape index (κ1) is 21.5. The molecule has 7 heteroatoms. The molecule has 0 atom stereocenters. The smallest absolute Gasteiger partial charge is 0.191 e. The summed E-state index contributed by atoms with van der Waals surface area (Å²) in [6.45, 7) is 5.11. The summed E-state index contributed by atoms with van der Waals surface area (Å²) in [6.07, 6.45) is 4.03. The summed E-state index contributed by atoms with van der Waals surface area (Å²) in [5.41, 5.74) is 1.10. The highest BCUT2D eigenvalue weighted by molar-refractivity contribution is 14.0.